The molecule has 0 aliphatic carbocycles. The van der Waals surface area contributed by atoms with E-state index in [9.17, 15) is 18.0 Å². The zero-order valence-corrected chi connectivity index (χ0v) is 22.4. The lowest BCUT2D eigenvalue weighted by Crippen LogP contribution is -2.50. The number of rotatable bonds is 7. The summed E-state index contributed by atoms with van der Waals surface area (Å²) in [4.78, 5) is 14.5. The molecule has 0 saturated carbocycles. The van der Waals surface area contributed by atoms with Crippen LogP contribution in [-0.2, 0) is 17.5 Å². The van der Waals surface area contributed by atoms with Crippen LogP contribution in [0.5, 0.6) is 5.75 Å². The Labute approximate surface area is 225 Å². The van der Waals surface area contributed by atoms with Crippen molar-refractivity contribution in [3.05, 3.63) is 65.5 Å². The molecule has 0 radical (unpaired) electrons. The predicted molar refractivity (Wildman–Crippen MR) is 138 cm³/mol. The molecule has 0 unspecified atom stereocenters. The number of alkyl halides is 3. The summed E-state index contributed by atoms with van der Waals surface area (Å²) in [5.74, 6) is -0.676. The van der Waals surface area contributed by atoms with Gasteiger partial charge in [-0.25, -0.2) is 4.79 Å². The predicted octanol–water partition coefficient (Wildman–Crippen LogP) is 4.96. The number of halogens is 3. The van der Waals surface area contributed by atoms with E-state index < -0.39 is 17.6 Å². The third-order valence-electron chi connectivity index (χ3n) is 6.36. The van der Waals surface area contributed by atoms with Crippen LogP contribution in [-0.4, -0.2) is 62.5 Å². The number of carbonyl (C=O) groups is 1. The molecule has 1 aliphatic heterocycles. The Balaban J connectivity index is 1.57. The van der Waals surface area contributed by atoms with Crippen LogP contribution in [0.4, 0.5) is 18.0 Å². The number of piperidine rings is 1. The largest absolute Gasteiger partial charge is 0.494 e. The van der Waals surface area contributed by atoms with Crippen LogP contribution in [0.25, 0.3) is 5.69 Å². The number of carbonyl (C=O) groups excluding carboxylic acids is 1. The number of aromatic nitrogens is 4. The van der Waals surface area contributed by atoms with Crippen molar-refractivity contribution < 1.29 is 27.4 Å². The molecule has 3 aromatic rings. The third kappa shape index (κ3) is 7.05. The molecule has 1 aromatic heterocycles. The van der Waals surface area contributed by atoms with Gasteiger partial charge in [0.25, 0.3) is 5.82 Å². The number of nitrogens with one attached hydrogen (secondary N) is 1. The zero-order chi connectivity index (χ0) is 28.2. The first-order chi connectivity index (χ1) is 18.5. The van der Waals surface area contributed by atoms with Gasteiger partial charge in [-0.3, -0.25) is 0 Å². The fourth-order valence-corrected chi connectivity index (χ4v) is 4.64. The third-order valence-corrected chi connectivity index (χ3v) is 6.36. The average Bonchev–Trinajstić information content (AvgIpc) is 3.39. The molecule has 0 bridgehead atoms. The van der Waals surface area contributed by atoms with Gasteiger partial charge in [0.15, 0.2) is 0 Å². The average molecular weight is 547 g/mol. The fourth-order valence-electron chi connectivity index (χ4n) is 4.64. The molecule has 1 saturated heterocycles. The van der Waals surface area contributed by atoms with Crippen LogP contribution in [0.15, 0.2) is 48.5 Å². The normalized spacial score (nSPS) is 18.2. The Bertz CT molecular complexity index is 1260. The van der Waals surface area contributed by atoms with Gasteiger partial charge in [0.1, 0.15) is 11.4 Å². The molecular formula is C27H33F3N6O3. The Kier molecular flexibility index (Phi) is 8.43. The van der Waals surface area contributed by atoms with E-state index >= 15 is 0 Å². The summed E-state index contributed by atoms with van der Waals surface area (Å²) in [6, 6.07) is 14.6. The topological polar surface area (TPSA) is 94.4 Å². The second kappa shape index (κ2) is 11.6. The molecular weight excluding hydrogens is 513 g/mol. The van der Waals surface area contributed by atoms with Gasteiger partial charge < -0.3 is 19.7 Å². The van der Waals surface area contributed by atoms with E-state index in [0.29, 0.717) is 48.7 Å². The molecule has 2 heterocycles. The van der Waals surface area contributed by atoms with Gasteiger partial charge in [-0.05, 0) is 68.3 Å². The minimum atomic E-state index is -4.70. The molecule has 12 heteroatoms. The lowest BCUT2D eigenvalue weighted by Gasteiger charge is -2.40. The van der Waals surface area contributed by atoms with Crippen LogP contribution in [0.2, 0.25) is 0 Å². The van der Waals surface area contributed by atoms with Gasteiger partial charge in [-0.15, -0.1) is 5.10 Å². The molecule has 39 heavy (non-hydrogen) atoms. The number of tetrazole rings is 1. The molecule has 1 amide bonds. The van der Waals surface area contributed by atoms with Gasteiger partial charge in [0, 0.05) is 37.2 Å². The minimum Gasteiger partial charge on any atom is -0.494 e. The standard InChI is InChI=1S/C27H33F3N6O3/c1-5-38-23-12-11-20(36-24(27(28,29)30)32-33-34-36)15-19(23)16-31-22-13-14-35(25(37)39-26(2,3)4)17-21(22)18-9-7-6-8-10-18/h6-12,15,21-22,31H,5,13-14,16-17H2,1-4H3/t21-,22-/m0/s1. The lowest BCUT2D eigenvalue weighted by molar-refractivity contribution is -0.146. The van der Waals surface area contributed by atoms with Crippen molar-refractivity contribution in [2.24, 2.45) is 0 Å². The Hall–Kier alpha value is -3.67. The van der Waals surface area contributed by atoms with E-state index in [1.165, 1.54) is 6.07 Å². The zero-order valence-electron chi connectivity index (χ0n) is 22.4. The molecule has 9 nitrogen and oxygen atoms in total. The molecule has 210 valence electrons. The van der Waals surface area contributed by atoms with Crippen molar-refractivity contribution in [3.63, 3.8) is 0 Å². The van der Waals surface area contributed by atoms with Gasteiger partial charge in [-0.2, -0.15) is 17.9 Å². The summed E-state index contributed by atoms with van der Waals surface area (Å²) < 4.78 is 52.3. The van der Waals surface area contributed by atoms with Gasteiger partial charge in [0.2, 0.25) is 0 Å². The van der Waals surface area contributed by atoms with Crippen LogP contribution in [0.3, 0.4) is 0 Å². The quantitative estimate of drug-likeness (QED) is 0.448. The van der Waals surface area contributed by atoms with Crippen molar-refractivity contribution in [2.45, 2.75) is 64.4 Å². The molecule has 4 rings (SSSR count). The molecule has 2 atom stereocenters. The Morgan fingerprint density at radius 2 is 1.87 bits per heavy atom. The van der Waals surface area contributed by atoms with E-state index in [2.05, 4.69) is 20.8 Å². The van der Waals surface area contributed by atoms with E-state index in [1.54, 1.807) is 17.0 Å². The second-order valence-corrected chi connectivity index (χ2v) is 10.4. The first-order valence-corrected chi connectivity index (χ1v) is 12.8. The maximum atomic E-state index is 13.4. The first kappa shape index (κ1) is 28.3. The van der Waals surface area contributed by atoms with E-state index in [1.807, 2.05) is 58.0 Å². The number of likely N-dealkylation sites (tertiary alicyclic amines) is 1. The Morgan fingerprint density at radius 1 is 1.13 bits per heavy atom. The van der Waals surface area contributed by atoms with Crippen molar-refractivity contribution in [1.82, 2.24) is 30.4 Å². The molecule has 1 aliphatic rings. The van der Waals surface area contributed by atoms with E-state index in [-0.39, 0.29) is 23.7 Å². The minimum absolute atomic E-state index is 0.0111. The summed E-state index contributed by atoms with van der Waals surface area (Å²) in [6.45, 7) is 9.05. The highest BCUT2D eigenvalue weighted by Gasteiger charge is 2.39. The molecule has 0 spiro atoms. The van der Waals surface area contributed by atoms with Crippen LogP contribution in [0, 0.1) is 0 Å². The van der Waals surface area contributed by atoms with E-state index in [4.69, 9.17) is 9.47 Å². The van der Waals surface area contributed by atoms with E-state index in [0.717, 1.165) is 5.56 Å². The van der Waals surface area contributed by atoms with Crippen LogP contribution < -0.4 is 10.1 Å². The Morgan fingerprint density at radius 3 is 2.54 bits per heavy atom. The summed E-state index contributed by atoms with van der Waals surface area (Å²) in [6.07, 6.45) is -4.39. The van der Waals surface area contributed by atoms with Crippen molar-refractivity contribution in [2.75, 3.05) is 19.7 Å². The summed E-state index contributed by atoms with van der Waals surface area (Å²) >= 11 is 0. The second-order valence-electron chi connectivity index (χ2n) is 10.4. The summed E-state index contributed by atoms with van der Waals surface area (Å²) in [5.41, 5.74) is 1.32. The number of hydrogen-bond donors (Lipinski definition) is 1. The van der Waals surface area contributed by atoms with Crippen LogP contribution in [0.1, 0.15) is 57.0 Å². The van der Waals surface area contributed by atoms with Gasteiger partial charge in [0.05, 0.1) is 12.3 Å². The lowest BCUT2D eigenvalue weighted by atomic mass is 9.86. The van der Waals surface area contributed by atoms with Crippen molar-refractivity contribution in [1.29, 1.82) is 0 Å². The van der Waals surface area contributed by atoms with Gasteiger partial charge >= 0.3 is 12.3 Å². The summed E-state index contributed by atoms with van der Waals surface area (Å²) in [5, 5.41) is 13.5. The maximum absolute atomic E-state index is 13.4. The van der Waals surface area contributed by atoms with Crippen molar-refractivity contribution in [3.8, 4) is 11.4 Å². The number of amides is 1. The SMILES string of the molecule is CCOc1ccc(-n2nnnc2C(F)(F)F)cc1CN[C@H]1CCN(C(=O)OC(C)(C)C)C[C@H]1c1ccccc1. The smallest absolute Gasteiger partial charge is 0.453 e. The fraction of sp³-hybridized carbons (Fsp3) is 0.481. The van der Waals surface area contributed by atoms with Gasteiger partial charge in [-0.1, -0.05) is 30.3 Å². The number of hydrogen-bond acceptors (Lipinski definition) is 7. The molecule has 1 N–H and O–H groups in total. The number of nitrogens with zero attached hydrogens (tertiary/aromatic N) is 5. The molecule has 2 aromatic carbocycles. The number of benzene rings is 2. The highest BCUT2D eigenvalue weighted by Crippen LogP contribution is 2.32. The maximum Gasteiger partial charge on any atom is 0.453 e. The van der Waals surface area contributed by atoms with Crippen LogP contribution >= 0.6 is 0 Å². The summed E-state index contributed by atoms with van der Waals surface area (Å²) in [7, 11) is 0. The highest BCUT2D eigenvalue weighted by atomic mass is 19.4. The molecule has 1 fully saturated rings. The van der Waals surface area contributed by atoms with Crippen molar-refractivity contribution >= 4 is 6.09 Å². The number of ether oxygens (including phenoxy) is 2. The highest BCUT2D eigenvalue weighted by molar-refractivity contribution is 5.68. The first-order valence-electron chi connectivity index (χ1n) is 12.8. The monoisotopic (exact) mass is 546 g/mol.